The molecule has 160 valence electrons. The third kappa shape index (κ3) is 3.75. The summed E-state index contributed by atoms with van der Waals surface area (Å²) in [6.45, 7) is 3.11. The quantitative estimate of drug-likeness (QED) is 0.776. The van der Waals surface area contributed by atoms with Crippen molar-refractivity contribution in [2.24, 2.45) is 5.92 Å². The van der Waals surface area contributed by atoms with Gasteiger partial charge in [0.05, 0.1) is 32.6 Å². The SMILES string of the molecule is COc1cc(OC)c(-n2cc(C(=O)NC3CN4CCC3CC4)ccc2=O)cc1OC. The molecule has 0 saturated carbocycles. The molecule has 0 radical (unpaired) electrons. The van der Waals surface area contributed by atoms with Crippen molar-refractivity contribution in [3.63, 3.8) is 0 Å². The van der Waals surface area contributed by atoms with E-state index in [2.05, 4.69) is 10.2 Å². The third-order valence-electron chi connectivity index (χ3n) is 6.09. The minimum absolute atomic E-state index is 0.149. The zero-order chi connectivity index (χ0) is 21.3. The Morgan fingerprint density at radius 3 is 2.27 bits per heavy atom. The molecule has 3 aliphatic heterocycles. The van der Waals surface area contributed by atoms with Gasteiger partial charge in [-0.2, -0.15) is 0 Å². The zero-order valence-corrected chi connectivity index (χ0v) is 17.5. The second-order valence-corrected chi connectivity index (χ2v) is 7.72. The molecule has 0 spiro atoms. The molecule has 2 bridgehead atoms. The number of rotatable bonds is 6. The monoisotopic (exact) mass is 413 g/mol. The van der Waals surface area contributed by atoms with Crippen molar-refractivity contribution < 1.29 is 19.0 Å². The normalized spacial score (nSPS) is 22.4. The molecule has 1 aromatic heterocycles. The van der Waals surface area contributed by atoms with Crippen LogP contribution >= 0.6 is 0 Å². The van der Waals surface area contributed by atoms with E-state index in [1.807, 2.05) is 0 Å². The van der Waals surface area contributed by atoms with Gasteiger partial charge >= 0.3 is 0 Å². The minimum atomic E-state index is -0.278. The number of amides is 1. The number of carbonyl (C=O) groups excluding carboxylic acids is 1. The summed E-state index contributed by atoms with van der Waals surface area (Å²) in [6.07, 6.45) is 3.78. The fourth-order valence-electron chi connectivity index (χ4n) is 4.39. The average molecular weight is 413 g/mol. The number of pyridine rings is 1. The topological polar surface area (TPSA) is 82.0 Å². The standard InChI is InChI=1S/C22H27N3O5/c1-28-18-11-20(30-3)19(29-2)10-17(18)25-12-15(4-5-21(25)26)22(27)23-16-13-24-8-6-14(16)7-9-24/h4-5,10-12,14,16H,6-9,13H2,1-3H3,(H,23,27). The molecule has 1 aromatic carbocycles. The largest absolute Gasteiger partial charge is 0.494 e. The van der Waals surface area contributed by atoms with Crippen LogP contribution in [0, 0.1) is 5.92 Å². The van der Waals surface area contributed by atoms with Crippen LogP contribution in [0.1, 0.15) is 23.2 Å². The van der Waals surface area contributed by atoms with Gasteiger partial charge in [0.25, 0.3) is 11.5 Å². The fraction of sp³-hybridized carbons (Fsp3) is 0.455. The van der Waals surface area contributed by atoms with Crippen LogP contribution in [0.15, 0.2) is 35.3 Å². The van der Waals surface area contributed by atoms with Gasteiger partial charge in [-0.25, -0.2) is 0 Å². The first-order valence-corrected chi connectivity index (χ1v) is 10.1. The molecule has 8 heteroatoms. The number of nitrogens with one attached hydrogen (secondary N) is 1. The molecule has 5 rings (SSSR count). The highest BCUT2D eigenvalue weighted by molar-refractivity contribution is 5.94. The van der Waals surface area contributed by atoms with Gasteiger partial charge in [0, 0.05) is 37.0 Å². The van der Waals surface area contributed by atoms with Gasteiger partial charge in [0.15, 0.2) is 11.5 Å². The number of methoxy groups -OCH3 is 3. The molecule has 4 heterocycles. The number of fused-ring (bicyclic) bond motifs is 3. The lowest BCUT2D eigenvalue weighted by Crippen LogP contribution is -2.57. The average Bonchev–Trinajstić information content (AvgIpc) is 2.79. The van der Waals surface area contributed by atoms with Gasteiger partial charge in [0.1, 0.15) is 5.75 Å². The Balaban J connectivity index is 1.65. The van der Waals surface area contributed by atoms with Crippen molar-refractivity contribution >= 4 is 5.91 Å². The molecule has 1 unspecified atom stereocenters. The Morgan fingerprint density at radius 2 is 1.67 bits per heavy atom. The summed E-state index contributed by atoms with van der Waals surface area (Å²) in [4.78, 5) is 27.9. The van der Waals surface area contributed by atoms with E-state index >= 15 is 0 Å². The highest BCUT2D eigenvalue weighted by atomic mass is 16.5. The Morgan fingerprint density at radius 1 is 1.00 bits per heavy atom. The number of hydrogen-bond acceptors (Lipinski definition) is 6. The Hall–Kier alpha value is -3.00. The van der Waals surface area contributed by atoms with Crippen LogP contribution in [0.4, 0.5) is 0 Å². The first kappa shape index (κ1) is 20.3. The van der Waals surface area contributed by atoms with E-state index in [9.17, 15) is 9.59 Å². The molecule has 3 aliphatic rings. The lowest BCUT2D eigenvalue weighted by Gasteiger charge is -2.44. The summed E-state index contributed by atoms with van der Waals surface area (Å²) in [5, 5.41) is 3.16. The fourth-order valence-corrected chi connectivity index (χ4v) is 4.39. The molecule has 1 N–H and O–H groups in total. The molecular weight excluding hydrogens is 386 g/mol. The van der Waals surface area contributed by atoms with Gasteiger partial charge in [-0.05, 0) is 37.9 Å². The van der Waals surface area contributed by atoms with E-state index < -0.39 is 0 Å². The van der Waals surface area contributed by atoms with Crippen LogP contribution in [-0.2, 0) is 0 Å². The van der Waals surface area contributed by atoms with Crippen LogP contribution in [0.5, 0.6) is 17.2 Å². The van der Waals surface area contributed by atoms with E-state index in [4.69, 9.17) is 14.2 Å². The maximum absolute atomic E-state index is 12.9. The van der Waals surface area contributed by atoms with Crippen molar-refractivity contribution in [2.45, 2.75) is 18.9 Å². The molecule has 0 aliphatic carbocycles. The van der Waals surface area contributed by atoms with E-state index in [0.29, 0.717) is 34.4 Å². The van der Waals surface area contributed by atoms with Gasteiger partial charge in [-0.15, -0.1) is 0 Å². The predicted octanol–water partition coefficient (Wildman–Crippen LogP) is 1.69. The number of aromatic nitrogens is 1. The Labute approximate surface area is 175 Å². The lowest BCUT2D eigenvalue weighted by molar-refractivity contribution is 0.0620. The predicted molar refractivity (Wildman–Crippen MR) is 112 cm³/mol. The van der Waals surface area contributed by atoms with Gasteiger partial charge in [-0.1, -0.05) is 0 Å². The zero-order valence-electron chi connectivity index (χ0n) is 17.5. The second kappa shape index (κ2) is 8.39. The molecule has 8 nitrogen and oxygen atoms in total. The van der Waals surface area contributed by atoms with Crippen LogP contribution in [0.25, 0.3) is 5.69 Å². The smallest absolute Gasteiger partial charge is 0.255 e. The lowest BCUT2D eigenvalue weighted by atomic mass is 9.84. The highest BCUT2D eigenvalue weighted by Crippen LogP contribution is 2.36. The van der Waals surface area contributed by atoms with E-state index in [-0.39, 0.29) is 17.5 Å². The number of hydrogen-bond donors (Lipinski definition) is 1. The van der Waals surface area contributed by atoms with Crippen molar-refractivity contribution in [1.29, 1.82) is 0 Å². The number of piperidine rings is 3. The van der Waals surface area contributed by atoms with Crippen LogP contribution < -0.4 is 25.1 Å². The van der Waals surface area contributed by atoms with Crippen molar-refractivity contribution in [3.8, 4) is 22.9 Å². The van der Waals surface area contributed by atoms with Gasteiger partial charge in [-0.3, -0.25) is 14.2 Å². The third-order valence-corrected chi connectivity index (χ3v) is 6.09. The summed E-state index contributed by atoms with van der Waals surface area (Å²) in [5.74, 6) is 1.73. The van der Waals surface area contributed by atoms with E-state index in [1.165, 1.54) is 32.0 Å². The number of carbonyl (C=O) groups is 1. The Kier molecular flexibility index (Phi) is 5.67. The van der Waals surface area contributed by atoms with Gasteiger partial charge < -0.3 is 24.4 Å². The summed E-state index contributed by atoms with van der Waals surface area (Å²) in [7, 11) is 4.57. The van der Waals surface area contributed by atoms with Crippen LogP contribution in [-0.4, -0.2) is 62.4 Å². The number of nitrogens with zero attached hydrogens (tertiary/aromatic N) is 2. The summed E-state index contributed by atoms with van der Waals surface area (Å²) in [6, 6.07) is 6.41. The van der Waals surface area contributed by atoms with Crippen LogP contribution in [0.2, 0.25) is 0 Å². The highest BCUT2D eigenvalue weighted by Gasteiger charge is 2.35. The maximum Gasteiger partial charge on any atom is 0.255 e. The molecular formula is C22H27N3O5. The molecule has 1 amide bonds. The number of benzene rings is 1. The maximum atomic E-state index is 12.9. The number of ether oxygens (including phenoxy) is 3. The van der Waals surface area contributed by atoms with Crippen molar-refractivity contribution in [3.05, 3.63) is 46.4 Å². The first-order valence-electron chi connectivity index (χ1n) is 10.1. The summed E-state index contributed by atoms with van der Waals surface area (Å²) in [5.41, 5.74) is 0.612. The van der Waals surface area contributed by atoms with Crippen molar-refractivity contribution in [1.82, 2.24) is 14.8 Å². The summed E-state index contributed by atoms with van der Waals surface area (Å²) >= 11 is 0. The van der Waals surface area contributed by atoms with Crippen LogP contribution in [0.3, 0.4) is 0 Å². The Bertz CT molecular complexity index is 995. The van der Waals surface area contributed by atoms with Gasteiger partial charge in [0.2, 0.25) is 0 Å². The summed E-state index contributed by atoms with van der Waals surface area (Å²) < 4.78 is 17.5. The molecule has 3 saturated heterocycles. The molecule has 2 aromatic rings. The minimum Gasteiger partial charge on any atom is -0.494 e. The molecule has 30 heavy (non-hydrogen) atoms. The van der Waals surface area contributed by atoms with E-state index in [1.54, 1.807) is 24.4 Å². The van der Waals surface area contributed by atoms with Crippen molar-refractivity contribution in [2.75, 3.05) is 41.0 Å². The molecule has 3 fully saturated rings. The second-order valence-electron chi connectivity index (χ2n) is 7.72. The van der Waals surface area contributed by atoms with E-state index in [0.717, 1.165) is 32.5 Å². The first-order chi connectivity index (χ1) is 14.5. The molecule has 1 atom stereocenters.